The highest BCUT2D eigenvalue weighted by atomic mass is 32.1. The number of aromatic nitrogens is 7. The first-order valence-electron chi connectivity index (χ1n) is 10.2. The van der Waals surface area contributed by atoms with E-state index in [-0.39, 0.29) is 17.0 Å². The van der Waals surface area contributed by atoms with Crippen LogP contribution in [0.2, 0.25) is 0 Å². The maximum Gasteiger partial charge on any atom is 0.433 e. The zero-order valence-electron chi connectivity index (χ0n) is 17.7. The molecule has 13 heteroatoms. The van der Waals surface area contributed by atoms with Crippen molar-refractivity contribution in [1.29, 1.82) is 0 Å². The molecule has 1 amide bonds. The van der Waals surface area contributed by atoms with Gasteiger partial charge in [0.15, 0.2) is 17.0 Å². The highest BCUT2D eigenvalue weighted by Crippen LogP contribution is 2.33. The summed E-state index contributed by atoms with van der Waals surface area (Å²) in [6.07, 6.45) is 2.01. The summed E-state index contributed by atoms with van der Waals surface area (Å²) in [5.41, 5.74) is 0.198. The molecule has 5 rings (SSSR count). The predicted octanol–water partition coefficient (Wildman–Crippen LogP) is 4.19. The third-order valence-electron chi connectivity index (χ3n) is 4.97. The molecule has 0 aliphatic heterocycles. The normalized spacial score (nSPS) is 11.9. The van der Waals surface area contributed by atoms with Crippen LogP contribution in [0.15, 0.2) is 54.4 Å². The number of anilines is 1. The number of carbonyl (C=O) groups excluding carboxylic acids is 1. The molecule has 174 valence electrons. The molecule has 0 fully saturated rings. The maximum absolute atomic E-state index is 13.7. The van der Waals surface area contributed by atoms with Crippen LogP contribution in [0, 0.1) is 0 Å². The number of aryl methyl sites for hydroxylation is 1. The fourth-order valence-electron chi connectivity index (χ4n) is 3.40. The van der Waals surface area contributed by atoms with E-state index in [1.165, 1.54) is 23.6 Å². The third-order valence-corrected chi connectivity index (χ3v) is 5.86. The fourth-order valence-corrected chi connectivity index (χ4v) is 4.08. The van der Waals surface area contributed by atoms with E-state index in [2.05, 4.69) is 25.6 Å². The molecule has 0 unspecified atom stereocenters. The van der Waals surface area contributed by atoms with E-state index in [0.29, 0.717) is 21.6 Å². The Morgan fingerprint density at radius 1 is 1.15 bits per heavy atom. The van der Waals surface area contributed by atoms with Gasteiger partial charge in [-0.25, -0.2) is 9.50 Å². The summed E-state index contributed by atoms with van der Waals surface area (Å²) in [6.45, 7) is 3.18. The molecule has 5 aromatic rings. The number of fused-ring (bicyclic) bond motifs is 1. The van der Waals surface area contributed by atoms with Crippen molar-refractivity contribution in [2.45, 2.75) is 26.2 Å². The van der Waals surface area contributed by atoms with E-state index < -0.39 is 17.8 Å². The lowest BCUT2D eigenvalue weighted by Gasteiger charge is -2.10. The molecule has 9 nitrogen and oxygen atoms in total. The largest absolute Gasteiger partial charge is 0.433 e. The highest BCUT2D eigenvalue weighted by molar-refractivity contribution is 7.13. The third kappa shape index (κ3) is 4.29. The Kier molecular flexibility index (Phi) is 5.40. The number of thiophene rings is 1. The van der Waals surface area contributed by atoms with Gasteiger partial charge in [0.25, 0.3) is 5.91 Å². The van der Waals surface area contributed by atoms with Crippen LogP contribution in [0.5, 0.6) is 0 Å². The van der Waals surface area contributed by atoms with Crippen molar-refractivity contribution in [3.05, 3.63) is 71.4 Å². The molecule has 1 N–H and O–H groups in total. The summed E-state index contributed by atoms with van der Waals surface area (Å²) in [5, 5.41) is 16.6. The molecule has 5 heterocycles. The van der Waals surface area contributed by atoms with Gasteiger partial charge in [-0.3, -0.25) is 14.2 Å². The SMILES string of the molecule is CCn1cc(Cn2cc(NC(=O)c3cc4nc(-c5cccs5)cc(C(F)(F)F)n4n3)cn2)cn1. The molecule has 0 aromatic carbocycles. The van der Waals surface area contributed by atoms with E-state index in [1.807, 2.05) is 13.1 Å². The van der Waals surface area contributed by atoms with E-state index >= 15 is 0 Å². The van der Waals surface area contributed by atoms with Crippen molar-refractivity contribution >= 4 is 28.6 Å². The van der Waals surface area contributed by atoms with Gasteiger partial charge in [0.1, 0.15) is 0 Å². The van der Waals surface area contributed by atoms with Crippen molar-refractivity contribution in [1.82, 2.24) is 34.2 Å². The number of alkyl halides is 3. The lowest BCUT2D eigenvalue weighted by atomic mass is 10.2. The van der Waals surface area contributed by atoms with E-state index in [4.69, 9.17) is 0 Å². The lowest BCUT2D eigenvalue weighted by molar-refractivity contribution is -0.142. The van der Waals surface area contributed by atoms with Crippen LogP contribution < -0.4 is 5.32 Å². The second-order valence-electron chi connectivity index (χ2n) is 7.39. The number of halogens is 3. The Hall–Kier alpha value is -4.00. The first kappa shape index (κ1) is 21.8. The van der Waals surface area contributed by atoms with Crippen LogP contribution in [0.3, 0.4) is 0 Å². The maximum atomic E-state index is 13.7. The summed E-state index contributed by atoms with van der Waals surface area (Å²) in [4.78, 5) is 17.6. The highest BCUT2D eigenvalue weighted by Gasteiger charge is 2.35. The van der Waals surface area contributed by atoms with Gasteiger partial charge in [-0.1, -0.05) is 6.07 Å². The quantitative estimate of drug-likeness (QED) is 0.388. The minimum Gasteiger partial charge on any atom is -0.318 e. The molecule has 0 radical (unpaired) electrons. The fraction of sp³-hybridized carbons (Fsp3) is 0.190. The molecule has 0 aliphatic rings. The smallest absolute Gasteiger partial charge is 0.318 e. The lowest BCUT2D eigenvalue weighted by Crippen LogP contribution is -2.15. The van der Waals surface area contributed by atoms with Crippen LogP contribution in [-0.4, -0.2) is 40.1 Å². The zero-order chi connectivity index (χ0) is 23.9. The molecule has 5 aromatic heterocycles. The Morgan fingerprint density at radius 2 is 1.97 bits per heavy atom. The summed E-state index contributed by atoms with van der Waals surface area (Å²) in [6, 6.07) is 5.56. The van der Waals surface area contributed by atoms with Gasteiger partial charge in [0.05, 0.1) is 35.2 Å². The average Bonchev–Trinajstić information content (AvgIpc) is 3.58. The van der Waals surface area contributed by atoms with Crippen molar-refractivity contribution in [2.24, 2.45) is 0 Å². The van der Waals surface area contributed by atoms with Crippen molar-refractivity contribution < 1.29 is 18.0 Å². The summed E-state index contributed by atoms with van der Waals surface area (Å²) >= 11 is 1.27. The summed E-state index contributed by atoms with van der Waals surface area (Å²) in [7, 11) is 0. The Balaban J connectivity index is 1.40. The van der Waals surface area contributed by atoms with Gasteiger partial charge < -0.3 is 5.32 Å². The van der Waals surface area contributed by atoms with Crippen molar-refractivity contribution in [2.75, 3.05) is 5.32 Å². The Morgan fingerprint density at radius 3 is 2.68 bits per heavy atom. The second-order valence-corrected chi connectivity index (χ2v) is 8.33. The van der Waals surface area contributed by atoms with Gasteiger partial charge in [-0.15, -0.1) is 11.3 Å². The van der Waals surface area contributed by atoms with E-state index in [1.54, 1.807) is 39.3 Å². The topological polar surface area (TPSA) is 94.9 Å². The van der Waals surface area contributed by atoms with Crippen LogP contribution in [-0.2, 0) is 19.3 Å². The number of rotatable bonds is 6. The van der Waals surface area contributed by atoms with E-state index in [9.17, 15) is 18.0 Å². The van der Waals surface area contributed by atoms with Crippen LogP contribution >= 0.6 is 11.3 Å². The molecule has 0 atom stereocenters. The molecule has 0 aliphatic carbocycles. The minimum atomic E-state index is -4.68. The Labute approximate surface area is 194 Å². The number of nitrogens with one attached hydrogen (secondary N) is 1. The first-order valence-corrected chi connectivity index (χ1v) is 11.0. The first-order chi connectivity index (χ1) is 16.3. The molecule has 0 saturated heterocycles. The minimum absolute atomic E-state index is 0.0768. The van der Waals surface area contributed by atoms with Crippen LogP contribution in [0.1, 0.15) is 28.7 Å². The Bertz CT molecular complexity index is 1470. The predicted molar refractivity (Wildman–Crippen MR) is 118 cm³/mol. The van der Waals surface area contributed by atoms with Crippen LogP contribution in [0.25, 0.3) is 16.2 Å². The number of nitrogens with zero attached hydrogens (tertiary/aromatic N) is 7. The number of carbonyl (C=O) groups is 1. The summed E-state index contributed by atoms with van der Waals surface area (Å²) in [5.74, 6) is -0.672. The molecule has 0 spiro atoms. The van der Waals surface area contributed by atoms with Gasteiger partial charge >= 0.3 is 6.18 Å². The van der Waals surface area contributed by atoms with Gasteiger partial charge in [-0.2, -0.15) is 28.5 Å². The molecule has 34 heavy (non-hydrogen) atoms. The molecule has 0 bridgehead atoms. The number of hydrogen-bond acceptors (Lipinski definition) is 6. The standard InChI is InChI=1S/C21H17F3N8OS/c1-2-30-10-13(8-25-30)11-31-12-14(9-26-31)27-20(33)16-7-19-28-15(17-4-3-5-34-17)6-18(21(22,23)24)32(19)29-16/h3-10,12H,2,11H2,1H3,(H,27,33). The average molecular weight is 486 g/mol. The number of hydrogen-bond donors (Lipinski definition) is 1. The molecular weight excluding hydrogens is 469 g/mol. The summed E-state index contributed by atoms with van der Waals surface area (Å²) < 4.78 is 45.1. The molecule has 0 saturated carbocycles. The molecular formula is C21H17F3N8OS. The monoisotopic (exact) mass is 486 g/mol. The van der Waals surface area contributed by atoms with Gasteiger partial charge in [0.2, 0.25) is 0 Å². The van der Waals surface area contributed by atoms with Crippen molar-refractivity contribution in [3.63, 3.8) is 0 Å². The number of amides is 1. The van der Waals surface area contributed by atoms with Crippen molar-refractivity contribution in [3.8, 4) is 10.6 Å². The second kappa shape index (κ2) is 8.41. The van der Waals surface area contributed by atoms with Gasteiger partial charge in [-0.05, 0) is 24.4 Å². The van der Waals surface area contributed by atoms with E-state index in [0.717, 1.165) is 18.2 Å². The van der Waals surface area contributed by atoms with Crippen LogP contribution in [0.4, 0.5) is 18.9 Å². The zero-order valence-corrected chi connectivity index (χ0v) is 18.5. The van der Waals surface area contributed by atoms with Gasteiger partial charge in [0, 0.05) is 30.6 Å².